The second kappa shape index (κ2) is 7.71. The van der Waals surface area contributed by atoms with E-state index in [4.69, 9.17) is 16.9 Å². The highest BCUT2D eigenvalue weighted by molar-refractivity contribution is 6.15. The zero-order chi connectivity index (χ0) is 19.6. The van der Waals surface area contributed by atoms with Gasteiger partial charge in [-0.1, -0.05) is 13.8 Å². The number of carbonyl (C=O) groups is 1. The molecule has 26 heavy (non-hydrogen) atoms. The molecule has 0 radical (unpaired) electrons. The Bertz CT molecular complexity index is 1030. The van der Waals surface area contributed by atoms with E-state index in [0.29, 0.717) is 5.56 Å². The molecule has 6 nitrogen and oxygen atoms in total. The second-order valence-corrected chi connectivity index (χ2v) is 6.56. The van der Waals surface area contributed by atoms with Crippen molar-refractivity contribution in [1.82, 2.24) is 9.13 Å². The van der Waals surface area contributed by atoms with Crippen LogP contribution in [0.2, 0.25) is 0 Å². The van der Waals surface area contributed by atoms with Crippen LogP contribution in [-0.4, -0.2) is 14.9 Å². The predicted molar refractivity (Wildman–Crippen MR) is 99.9 cm³/mol. The first-order chi connectivity index (χ1) is 12.3. The Balaban J connectivity index is 2.91. The minimum absolute atomic E-state index is 0.0633. The lowest BCUT2D eigenvalue weighted by atomic mass is 9.95. The van der Waals surface area contributed by atoms with Crippen molar-refractivity contribution >= 4 is 17.4 Å². The molecule has 0 unspecified atom stereocenters. The van der Waals surface area contributed by atoms with E-state index >= 15 is 0 Å². The van der Waals surface area contributed by atoms with Crippen molar-refractivity contribution in [2.24, 2.45) is 0 Å². The number of nitrogens with zero attached hydrogens (tertiary/aromatic N) is 3. The van der Waals surface area contributed by atoms with E-state index in [0.717, 1.165) is 10.1 Å². The Kier molecular flexibility index (Phi) is 5.83. The summed E-state index contributed by atoms with van der Waals surface area (Å²) in [4.78, 5) is 38.6. The van der Waals surface area contributed by atoms with Crippen LogP contribution < -0.4 is 11.2 Å². The van der Waals surface area contributed by atoms with E-state index in [2.05, 4.69) is 0 Å². The van der Waals surface area contributed by atoms with Crippen LogP contribution in [0.5, 0.6) is 0 Å². The van der Waals surface area contributed by atoms with E-state index in [1.807, 2.05) is 6.07 Å². The third-order valence-electron chi connectivity index (χ3n) is 4.16. The number of carbonyl (C=O) groups excluding carboxylic acids is 1. The number of nitriles is 1. The fourth-order valence-electron chi connectivity index (χ4n) is 3.00. The molecule has 0 saturated carbocycles. The highest BCUT2D eigenvalue weighted by atomic mass is 35.5. The number of aromatic nitrogens is 2. The number of rotatable bonds is 5. The molecule has 0 amide bonds. The van der Waals surface area contributed by atoms with E-state index in [1.54, 1.807) is 39.8 Å². The van der Waals surface area contributed by atoms with Crippen molar-refractivity contribution in [1.29, 1.82) is 5.26 Å². The summed E-state index contributed by atoms with van der Waals surface area (Å²) >= 11 is 5.78. The summed E-state index contributed by atoms with van der Waals surface area (Å²) in [5.41, 5.74) is 0.505. The van der Waals surface area contributed by atoms with Gasteiger partial charge in [0.1, 0.15) is 11.7 Å². The molecule has 0 saturated heterocycles. The Morgan fingerprint density at radius 3 is 2.38 bits per heavy atom. The number of hydrogen-bond donors (Lipinski definition) is 0. The topological polar surface area (TPSA) is 84.9 Å². The van der Waals surface area contributed by atoms with Crippen LogP contribution in [0.1, 0.15) is 59.4 Å². The zero-order valence-corrected chi connectivity index (χ0v) is 15.9. The lowest BCUT2D eigenvalue weighted by Crippen LogP contribution is -2.44. The summed E-state index contributed by atoms with van der Waals surface area (Å²) in [6.07, 6.45) is 0. The van der Waals surface area contributed by atoms with E-state index in [1.165, 1.54) is 10.6 Å². The number of aryl methyl sites for hydroxylation is 1. The fourth-order valence-corrected chi connectivity index (χ4v) is 3.21. The smallest absolute Gasteiger partial charge is 0.290 e. The van der Waals surface area contributed by atoms with Crippen molar-refractivity contribution in [3.05, 3.63) is 67.0 Å². The Hall–Kier alpha value is -2.65. The summed E-state index contributed by atoms with van der Waals surface area (Å²) in [7, 11) is 0. The summed E-state index contributed by atoms with van der Waals surface area (Å²) < 4.78 is 2.20. The quantitative estimate of drug-likeness (QED) is 0.595. The lowest BCUT2D eigenvalue weighted by Gasteiger charge is -2.19. The van der Waals surface area contributed by atoms with Gasteiger partial charge in [-0.2, -0.15) is 5.26 Å². The van der Waals surface area contributed by atoms with Crippen LogP contribution in [0.3, 0.4) is 0 Å². The van der Waals surface area contributed by atoms with Gasteiger partial charge in [0.25, 0.3) is 5.56 Å². The fraction of sp³-hybridized carbons (Fsp3) is 0.368. The van der Waals surface area contributed by atoms with Gasteiger partial charge in [0.15, 0.2) is 0 Å². The molecule has 136 valence electrons. The van der Waals surface area contributed by atoms with Crippen LogP contribution in [0.4, 0.5) is 0 Å². The van der Waals surface area contributed by atoms with Crippen molar-refractivity contribution < 1.29 is 4.79 Å². The highest BCUT2D eigenvalue weighted by Crippen LogP contribution is 2.20. The van der Waals surface area contributed by atoms with E-state index in [9.17, 15) is 14.4 Å². The van der Waals surface area contributed by atoms with Crippen LogP contribution in [0.25, 0.3) is 0 Å². The molecule has 1 aromatic carbocycles. The minimum atomic E-state index is -0.617. The molecule has 0 spiro atoms. The normalized spacial score (nSPS) is 10.8. The van der Waals surface area contributed by atoms with Gasteiger partial charge in [-0.15, -0.1) is 11.6 Å². The molecule has 1 aromatic heterocycles. The first kappa shape index (κ1) is 19.7. The number of halogens is 1. The lowest BCUT2D eigenvalue weighted by molar-refractivity contribution is 0.102. The van der Waals surface area contributed by atoms with Gasteiger partial charge in [0.05, 0.1) is 11.6 Å². The molecule has 0 fully saturated rings. The number of ketones is 1. The molecule has 0 aliphatic rings. The van der Waals surface area contributed by atoms with Crippen LogP contribution in [-0.2, 0) is 12.5 Å². The molecule has 1 heterocycles. The average Bonchev–Trinajstić information content (AvgIpc) is 2.60. The van der Waals surface area contributed by atoms with Crippen molar-refractivity contribution in [3.8, 4) is 6.07 Å². The summed E-state index contributed by atoms with van der Waals surface area (Å²) in [6, 6.07) is 6.51. The molecule has 0 bridgehead atoms. The first-order valence-electron chi connectivity index (χ1n) is 8.26. The van der Waals surface area contributed by atoms with Gasteiger partial charge in [0.2, 0.25) is 5.78 Å². The van der Waals surface area contributed by atoms with Gasteiger partial charge in [0, 0.05) is 17.7 Å². The Morgan fingerprint density at radius 1 is 1.23 bits per heavy atom. The zero-order valence-electron chi connectivity index (χ0n) is 15.2. The largest absolute Gasteiger partial charge is 0.332 e. The Labute approximate surface area is 156 Å². The third-order valence-corrected chi connectivity index (χ3v) is 4.40. The number of benzene rings is 1. The summed E-state index contributed by atoms with van der Waals surface area (Å²) in [5, 5.41) is 9.15. The minimum Gasteiger partial charge on any atom is -0.290 e. The van der Waals surface area contributed by atoms with Crippen LogP contribution in [0, 0.1) is 18.3 Å². The van der Waals surface area contributed by atoms with Gasteiger partial charge in [-0.25, -0.2) is 9.36 Å². The molecule has 7 heteroatoms. The predicted octanol–water partition coefficient (Wildman–Crippen LogP) is 2.76. The van der Waals surface area contributed by atoms with Crippen molar-refractivity contribution in [2.75, 3.05) is 0 Å². The second-order valence-electron chi connectivity index (χ2n) is 6.33. The first-order valence-corrected chi connectivity index (χ1v) is 8.80. The third kappa shape index (κ3) is 3.35. The van der Waals surface area contributed by atoms with Crippen molar-refractivity contribution in [2.45, 2.75) is 46.2 Å². The molecular weight excluding hydrogens is 354 g/mol. The van der Waals surface area contributed by atoms with Gasteiger partial charge >= 0.3 is 5.69 Å². The SMILES string of the molecule is CCn1c(C(=O)c2cc(C)cc(C#N)c2)c(C(C)C)c(=O)n(CCl)c1=O. The van der Waals surface area contributed by atoms with Gasteiger partial charge in [-0.3, -0.25) is 14.2 Å². The number of alkyl halides is 1. The monoisotopic (exact) mass is 373 g/mol. The van der Waals surface area contributed by atoms with E-state index in [-0.39, 0.29) is 35.3 Å². The van der Waals surface area contributed by atoms with E-state index < -0.39 is 17.0 Å². The summed E-state index contributed by atoms with van der Waals surface area (Å²) in [5.74, 6) is -0.735. The standard InChI is InChI=1S/C19H20ClN3O3/c1-5-22-16(15(11(2)3)18(25)23(10-20)19(22)26)17(24)14-7-12(4)6-13(8-14)9-21/h6-8,11H,5,10H2,1-4H3. The molecule has 2 aromatic rings. The molecular formula is C19H20ClN3O3. The van der Waals surface area contributed by atoms with Gasteiger partial charge in [-0.05, 0) is 43.5 Å². The summed E-state index contributed by atoms with van der Waals surface area (Å²) in [6.45, 7) is 7.29. The molecule has 0 N–H and O–H groups in total. The molecule has 0 atom stereocenters. The molecule has 0 aliphatic carbocycles. The van der Waals surface area contributed by atoms with Crippen molar-refractivity contribution in [3.63, 3.8) is 0 Å². The number of hydrogen-bond acceptors (Lipinski definition) is 4. The van der Waals surface area contributed by atoms with Crippen LogP contribution >= 0.6 is 11.6 Å². The average molecular weight is 374 g/mol. The van der Waals surface area contributed by atoms with Gasteiger partial charge < -0.3 is 0 Å². The van der Waals surface area contributed by atoms with Crippen LogP contribution in [0.15, 0.2) is 27.8 Å². The highest BCUT2D eigenvalue weighted by Gasteiger charge is 2.26. The Morgan fingerprint density at radius 2 is 1.88 bits per heavy atom. The molecule has 2 rings (SSSR count). The maximum Gasteiger partial charge on any atom is 0.332 e. The maximum absolute atomic E-state index is 13.2. The molecule has 0 aliphatic heterocycles. The maximum atomic E-state index is 13.2.